The molecule has 0 radical (unpaired) electrons. The first-order chi connectivity index (χ1) is 12.6. The molecule has 0 saturated heterocycles. The van der Waals surface area contributed by atoms with E-state index in [0.29, 0.717) is 12.8 Å². The van der Waals surface area contributed by atoms with Crippen molar-refractivity contribution in [2.75, 3.05) is 6.61 Å². The Morgan fingerprint density at radius 1 is 0.962 bits per heavy atom. The van der Waals surface area contributed by atoms with Crippen LogP contribution in [-0.4, -0.2) is 15.0 Å². The van der Waals surface area contributed by atoms with E-state index in [9.17, 15) is 8.42 Å². The van der Waals surface area contributed by atoms with Gasteiger partial charge in [0.05, 0.1) is 6.61 Å². The molecule has 5 heteroatoms. The summed E-state index contributed by atoms with van der Waals surface area (Å²) in [5, 5.41) is 0. The number of rotatable bonds is 5. The van der Waals surface area contributed by atoms with E-state index >= 15 is 0 Å². The van der Waals surface area contributed by atoms with Crippen LogP contribution in [0.2, 0.25) is 0 Å². The normalized spacial score (nSPS) is 18.3. The Morgan fingerprint density at radius 3 is 2.46 bits per heavy atom. The molecule has 1 saturated carbocycles. The van der Waals surface area contributed by atoms with E-state index in [1.807, 2.05) is 24.3 Å². The molecule has 0 aliphatic heterocycles. The highest BCUT2D eigenvalue weighted by molar-refractivity contribution is 7.87. The SMILES string of the molecule is CCOOS(=O)(=O)C1(c2cccc3c2Cc2ccccc2-3)CCCCC1. The van der Waals surface area contributed by atoms with Crippen molar-refractivity contribution in [2.24, 2.45) is 0 Å². The third-order valence-corrected chi connectivity index (χ3v) is 7.60. The van der Waals surface area contributed by atoms with Gasteiger partial charge in [0.15, 0.2) is 0 Å². The van der Waals surface area contributed by atoms with Crippen LogP contribution < -0.4 is 0 Å². The second-order valence-corrected chi connectivity index (χ2v) is 8.98. The Balaban J connectivity index is 1.87. The van der Waals surface area contributed by atoms with Gasteiger partial charge in [-0.3, -0.25) is 0 Å². The van der Waals surface area contributed by atoms with Crippen molar-refractivity contribution in [3.63, 3.8) is 0 Å². The molecule has 4 nitrogen and oxygen atoms in total. The maximum atomic E-state index is 13.2. The maximum absolute atomic E-state index is 13.2. The van der Waals surface area contributed by atoms with E-state index in [1.165, 1.54) is 11.1 Å². The molecule has 0 bridgehead atoms. The van der Waals surface area contributed by atoms with Crippen LogP contribution in [-0.2, 0) is 30.5 Å². The highest BCUT2D eigenvalue weighted by atomic mass is 32.2. The van der Waals surface area contributed by atoms with Crippen molar-refractivity contribution < 1.29 is 17.6 Å². The number of benzene rings is 2. The first kappa shape index (κ1) is 17.7. The second kappa shape index (κ2) is 6.80. The van der Waals surface area contributed by atoms with Crippen LogP contribution in [0.3, 0.4) is 0 Å². The van der Waals surface area contributed by atoms with Gasteiger partial charge in [0.25, 0.3) is 0 Å². The minimum Gasteiger partial charge on any atom is -0.220 e. The molecular formula is C21H24O4S. The Morgan fingerprint density at radius 2 is 1.69 bits per heavy atom. The third kappa shape index (κ3) is 2.70. The van der Waals surface area contributed by atoms with Gasteiger partial charge in [0.2, 0.25) is 0 Å². The molecule has 26 heavy (non-hydrogen) atoms. The van der Waals surface area contributed by atoms with Crippen LogP contribution in [0.5, 0.6) is 0 Å². The second-order valence-electron chi connectivity index (χ2n) is 7.15. The van der Waals surface area contributed by atoms with E-state index in [-0.39, 0.29) is 6.61 Å². The van der Waals surface area contributed by atoms with Crippen LogP contribution in [0.4, 0.5) is 0 Å². The fourth-order valence-corrected chi connectivity index (χ4v) is 6.14. The molecule has 138 valence electrons. The molecule has 1 fully saturated rings. The zero-order valence-electron chi connectivity index (χ0n) is 15.0. The predicted octanol–water partition coefficient (Wildman–Crippen LogP) is 4.72. The lowest BCUT2D eigenvalue weighted by Gasteiger charge is -2.37. The van der Waals surface area contributed by atoms with E-state index in [4.69, 9.17) is 9.22 Å². The van der Waals surface area contributed by atoms with Gasteiger partial charge in [-0.05, 0) is 54.0 Å². The van der Waals surface area contributed by atoms with Crippen molar-refractivity contribution >= 4 is 10.1 Å². The number of fused-ring (bicyclic) bond motifs is 3. The molecule has 0 unspecified atom stereocenters. The monoisotopic (exact) mass is 372 g/mol. The summed E-state index contributed by atoms with van der Waals surface area (Å²) in [4.78, 5) is 4.89. The molecule has 2 aliphatic carbocycles. The lowest BCUT2D eigenvalue weighted by atomic mass is 9.80. The summed E-state index contributed by atoms with van der Waals surface area (Å²) in [5.74, 6) is 0. The van der Waals surface area contributed by atoms with E-state index < -0.39 is 14.9 Å². The minimum atomic E-state index is -3.89. The fourth-order valence-electron chi connectivity index (χ4n) is 4.54. The molecule has 2 aromatic carbocycles. The van der Waals surface area contributed by atoms with Crippen molar-refractivity contribution in [3.05, 3.63) is 59.2 Å². The van der Waals surface area contributed by atoms with Crippen molar-refractivity contribution in [3.8, 4) is 11.1 Å². The van der Waals surface area contributed by atoms with Crippen molar-refractivity contribution in [2.45, 2.75) is 50.2 Å². The Hall–Kier alpha value is -1.69. The van der Waals surface area contributed by atoms with Gasteiger partial charge in [0.1, 0.15) is 4.75 Å². The topological polar surface area (TPSA) is 52.6 Å². The van der Waals surface area contributed by atoms with E-state index in [0.717, 1.165) is 42.4 Å². The standard InChI is InChI=1S/C21H24O4S/c1-2-24-25-26(22,23)21(13-6-3-7-14-21)20-12-8-11-18-17-10-5-4-9-16(17)15-19(18)20/h4-5,8-12H,2-3,6-7,13-15H2,1H3. The summed E-state index contributed by atoms with van der Waals surface area (Å²) in [6.45, 7) is 1.92. The van der Waals surface area contributed by atoms with Gasteiger partial charge in [-0.2, -0.15) is 8.42 Å². The summed E-state index contributed by atoms with van der Waals surface area (Å²) in [6.07, 6.45) is 4.75. The lowest BCUT2D eigenvalue weighted by molar-refractivity contribution is -0.199. The molecule has 2 aliphatic rings. The minimum absolute atomic E-state index is 0.202. The van der Waals surface area contributed by atoms with Crippen LogP contribution in [0.25, 0.3) is 11.1 Å². The summed E-state index contributed by atoms with van der Waals surface area (Å²) in [6, 6.07) is 14.4. The van der Waals surface area contributed by atoms with Crippen LogP contribution in [0, 0.1) is 0 Å². The molecule has 2 aromatic rings. The van der Waals surface area contributed by atoms with Gasteiger partial charge in [0, 0.05) is 0 Å². The first-order valence-corrected chi connectivity index (χ1v) is 10.8. The lowest BCUT2D eigenvalue weighted by Crippen LogP contribution is -2.40. The Bertz CT molecular complexity index is 911. The van der Waals surface area contributed by atoms with Gasteiger partial charge in [-0.25, -0.2) is 4.89 Å². The molecule has 0 amide bonds. The van der Waals surface area contributed by atoms with Gasteiger partial charge < -0.3 is 0 Å². The molecule has 0 spiro atoms. The zero-order valence-corrected chi connectivity index (χ0v) is 15.8. The summed E-state index contributed by atoms with van der Waals surface area (Å²) < 4.78 is 30.3. The summed E-state index contributed by atoms with van der Waals surface area (Å²) in [7, 11) is -3.89. The highest BCUT2D eigenvalue weighted by Crippen LogP contribution is 2.49. The van der Waals surface area contributed by atoms with Gasteiger partial charge >= 0.3 is 10.1 Å². The molecule has 0 N–H and O–H groups in total. The van der Waals surface area contributed by atoms with Gasteiger partial charge in [-0.15, -0.1) is 4.33 Å². The molecule has 0 heterocycles. The molecule has 0 aromatic heterocycles. The largest absolute Gasteiger partial charge is 0.303 e. The predicted molar refractivity (Wildman–Crippen MR) is 101 cm³/mol. The highest BCUT2D eigenvalue weighted by Gasteiger charge is 2.49. The average molecular weight is 372 g/mol. The van der Waals surface area contributed by atoms with Crippen LogP contribution in [0.15, 0.2) is 42.5 Å². The van der Waals surface area contributed by atoms with Gasteiger partial charge in [-0.1, -0.05) is 61.7 Å². The molecular weight excluding hydrogens is 348 g/mol. The molecule has 4 rings (SSSR count). The first-order valence-electron chi connectivity index (χ1n) is 9.35. The zero-order chi connectivity index (χ0) is 18.2. The summed E-state index contributed by atoms with van der Waals surface area (Å²) >= 11 is 0. The maximum Gasteiger partial charge on any atom is 0.303 e. The summed E-state index contributed by atoms with van der Waals surface area (Å²) in [5.41, 5.74) is 5.63. The van der Waals surface area contributed by atoms with Crippen molar-refractivity contribution in [1.29, 1.82) is 0 Å². The van der Waals surface area contributed by atoms with Crippen molar-refractivity contribution in [1.82, 2.24) is 0 Å². The van der Waals surface area contributed by atoms with E-state index in [1.54, 1.807) is 6.92 Å². The van der Waals surface area contributed by atoms with Crippen LogP contribution >= 0.6 is 0 Å². The number of hydrogen-bond acceptors (Lipinski definition) is 4. The quantitative estimate of drug-likeness (QED) is 0.480. The fraction of sp³-hybridized carbons (Fsp3) is 0.429. The Labute approximate surface area is 155 Å². The number of hydrogen-bond donors (Lipinski definition) is 0. The Kier molecular flexibility index (Phi) is 4.63. The third-order valence-electron chi connectivity index (χ3n) is 5.74. The van der Waals surface area contributed by atoms with E-state index in [2.05, 4.69) is 18.2 Å². The average Bonchev–Trinajstić information content (AvgIpc) is 3.05. The smallest absolute Gasteiger partial charge is 0.220 e. The molecule has 0 atom stereocenters. The van der Waals surface area contributed by atoms with Crippen LogP contribution in [0.1, 0.15) is 55.7 Å².